The molecule has 0 spiro atoms. The second kappa shape index (κ2) is 7.47. The van der Waals surface area contributed by atoms with E-state index in [1.165, 1.54) is 0 Å². The Morgan fingerprint density at radius 1 is 1.38 bits per heavy atom. The van der Waals surface area contributed by atoms with Crippen molar-refractivity contribution < 1.29 is 9.53 Å². The molecule has 1 aromatic carbocycles. The lowest BCUT2D eigenvalue weighted by Crippen LogP contribution is -2.06. The van der Waals surface area contributed by atoms with E-state index < -0.39 is 0 Å². The summed E-state index contributed by atoms with van der Waals surface area (Å²) in [5.74, 6) is -0.295. The van der Waals surface area contributed by atoms with Gasteiger partial charge in [-0.1, -0.05) is 13.0 Å². The second-order valence-corrected chi connectivity index (χ2v) is 4.77. The van der Waals surface area contributed by atoms with E-state index in [9.17, 15) is 4.79 Å². The van der Waals surface area contributed by atoms with Crippen LogP contribution in [0, 0.1) is 0 Å². The van der Waals surface area contributed by atoms with Crippen molar-refractivity contribution in [3.05, 3.63) is 47.8 Å². The van der Waals surface area contributed by atoms with Crippen molar-refractivity contribution in [2.24, 2.45) is 0 Å². The average Bonchev–Trinajstić information content (AvgIpc) is 2.94. The normalized spacial score (nSPS) is 10.4. The van der Waals surface area contributed by atoms with Crippen LogP contribution in [0.4, 0.5) is 5.69 Å². The Kier molecular flexibility index (Phi) is 5.37. The van der Waals surface area contributed by atoms with Gasteiger partial charge in [-0.15, -0.1) is 0 Å². The van der Waals surface area contributed by atoms with Gasteiger partial charge in [-0.05, 0) is 31.5 Å². The summed E-state index contributed by atoms with van der Waals surface area (Å²) >= 11 is 0. The molecule has 5 nitrogen and oxygen atoms in total. The molecule has 5 heteroatoms. The molecule has 0 unspecified atom stereocenters. The summed E-state index contributed by atoms with van der Waals surface area (Å²) in [4.78, 5) is 11.7. The second-order valence-electron chi connectivity index (χ2n) is 4.77. The first-order valence-electron chi connectivity index (χ1n) is 7.25. The van der Waals surface area contributed by atoms with Gasteiger partial charge in [0.05, 0.1) is 18.4 Å². The van der Waals surface area contributed by atoms with E-state index in [-0.39, 0.29) is 5.97 Å². The van der Waals surface area contributed by atoms with Gasteiger partial charge in [-0.3, -0.25) is 4.68 Å². The van der Waals surface area contributed by atoms with Gasteiger partial charge < -0.3 is 10.1 Å². The van der Waals surface area contributed by atoms with Gasteiger partial charge in [0, 0.05) is 30.5 Å². The van der Waals surface area contributed by atoms with Crippen LogP contribution in [-0.2, 0) is 17.8 Å². The lowest BCUT2D eigenvalue weighted by Gasteiger charge is -2.07. The molecule has 21 heavy (non-hydrogen) atoms. The third-order valence-corrected chi connectivity index (χ3v) is 3.01. The van der Waals surface area contributed by atoms with Crippen molar-refractivity contribution in [2.45, 2.75) is 33.4 Å². The van der Waals surface area contributed by atoms with Crippen LogP contribution in [-0.4, -0.2) is 22.4 Å². The van der Waals surface area contributed by atoms with Gasteiger partial charge in [0.2, 0.25) is 0 Å². The summed E-state index contributed by atoms with van der Waals surface area (Å²) in [5.41, 5.74) is 2.57. The number of aryl methyl sites for hydroxylation is 1. The van der Waals surface area contributed by atoms with Crippen LogP contribution in [0.15, 0.2) is 36.7 Å². The summed E-state index contributed by atoms with van der Waals surface area (Å²) < 4.78 is 6.93. The molecular weight excluding hydrogens is 266 g/mol. The van der Waals surface area contributed by atoms with Gasteiger partial charge in [-0.2, -0.15) is 5.10 Å². The van der Waals surface area contributed by atoms with E-state index in [1.54, 1.807) is 19.1 Å². The first-order chi connectivity index (χ1) is 10.2. The van der Waals surface area contributed by atoms with Crippen LogP contribution in [0.25, 0.3) is 0 Å². The smallest absolute Gasteiger partial charge is 0.338 e. The predicted octanol–water partition coefficient (Wildman–Crippen LogP) is 3.08. The number of benzene rings is 1. The van der Waals surface area contributed by atoms with Gasteiger partial charge in [0.15, 0.2) is 0 Å². The lowest BCUT2D eigenvalue weighted by molar-refractivity contribution is 0.0526. The van der Waals surface area contributed by atoms with Crippen LogP contribution in [0.1, 0.15) is 36.2 Å². The zero-order valence-electron chi connectivity index (χ0n) is 12.5. The monoisotopic (exact) mass is 287 g/mol. The minimum Gasteiger partial charge on any atom is -0.462 e. The van der Waals surface area contributed by atoms with Crippen LogP contribution in [0.3, 0.4) is 0 Å². The Labute approximate surface area is 124 Å². The molecule has 0 aliphatic rings. The highest BCUT2D eigenvalue weighted by molar-refractivity contribution is 5.90. The highest BCUT2D eigenvalue weighted by atomic mass is 16.5. The van der Waals surface area contributed by atoms with Gasteiger partial charge >= 0.3 is 5.97 Å². The maximum absolute atomic E-state index is 11.7. The largest absolute Gasteiger partial charge is 0.462 e. The van der Waals surface area contributed by atoms with Crippen molar-refractivity contribution >= 4 is 11.7 Å². The molecule has 0 aliphatic carbocycles. The molecule has 1 N–H and O–H groups in total. The standard InChI is InChI=1S/C16H21N3O2/c1-3-8-19-12-13(11-18-19)10-17-15-7-5-6-14(9-15)16(20)21-4-2/h5-7,9,11-12,17H,3-4,8,10H2,1-2H3. The third-order valence-electron chi connectivity index (χ3n) is 3.01. The molecule has 0 aliphatic heterocycles. The van der Waals surface area contributed by atoms with E-state index >= 15 is 0 Å². The van der Waals surface area contributed by atoms with Crippen LogP contribution >= 0.6 is 0 Å². The molecule has 1 aromatic heterocycles. The first-order valence-corrected chi connectivity index (χ1v) is 7.25. The number of nitrogens with one attached hydrogen (secondary N) is 1. The quantitative estimate of drug-likeness (QED) is 0.795. The van der Waals surface area contributed by atoms with Crippen molar-refractivity contribution in [2.75, 3.05) is 11.9 Å². The van der Waals surface area contributed by atoms with Crippen molar-refractivity contribution in [3.63, 3.8) is 0 Å². The number of carbonyl (C=O) groups excluding carboxylic acids is 1. The Morgan fingerprint density at radius 3 is 3.00 bits per heavy atom. The Hall–Kier alpha value is -2.30. The highest BCUT2D eigenvalue weighted by Crippen LogP contribution is 2.13. The zero-order chi connectivity index (χ0) is 15.1. The van der Waals surface area contributed by atoms with E-state index in [0.717, 1.165) is 24.2 Å². The first kappa shape index (κ1) is 15.1. The predicted molar refractivity (Wildman–Crippen MR) is 82.2 cm³/mol. The van der Waals surface area contributed by atoms with Gasteiger partial charge in [0.25, 0.3) is 0 Å². The minimum absolute atomic E-state index is 0.295. The fourth-order valence-corrected chi connectivity index (χ4v) is 2.02. The number of ether oxygens (including phenoxy) is 1. The summed E-state index contributed by atoms with van der Waals surface area (Å²) in [6, 6.07) is 7.32. The fraction of sp³-hybridized carbons (Fsp3) is 0.375. The number of nitrogens with zero attached hydrogens (tertiary/aromatic N) is 2. The van der Waals surface area contributed by atoms with Gasteiger partial charge in [-0.25, -0.2) is 4.79 Å². The number of rotatable bonds is 7. The maximum Gasteiger partial charge on any atom is 0.338 e. The number of esters is 1. The number of carbonyl (C=O) groups is 1. The highest BCUT2D eigenvalue weighted by Gasteiger charge is 2.06. The molecular formula is C16H21N3O2. The summed E-state index contributed by atoms with van der Waals surface area (Å²) in [6.45, 7) is 5.91. The number of anilines is 1. The Morgan fingerprint density at radius 2 is 2.24 bits per heavy atom. The summed E-state index contributed by atoms with van der Waals surface area (Å²) in [5, 5.41) is 7.58. The molecule has 0 bridgehead atoms. The fourth-order valence-electron chi connectivity index (χ4n) is 2.02. The lowest BCUT2D eigenvalue weighted by atomic mass is 10.2. The molecule has 2 aromatic rings. The Bertz CT molecular complexity index is 593. The molecule has 0 amide bonds. The SMILES string of the molecule is CCCn1cc(CNc2cccc(C(=O)OCC)c2)cn1. The molecule has 2 rings (SSSR count). The zero-order valence-corrected chi connectivity index (χ0v) is 12.5. The molecule has 0 radical (unpaired) electrons. The maximum atomic E-state index is 11.7. The van der Waals surface area contributed by atoms with E-state index in [1.807, 2.05) is 29.2 Å². The van der Waals surface area contributed by atoms with E-state index in [2.05, 4.69) is 17.3 Å². The molecule has 0 fully saturated rings. The molecule has 112 valence electrons. The topological polar surface area (TPSA) is 56.2 Å². The van der Waals surface area contributed by atoms with Gasteiger partial charge in [0.1, 0.15) is 0 Å². The van der Waals surface area contributed by atoms with Crippen LogP contribution < -0.4 is 5.32 Å². The third kappa shape index (κ3) is 4.34. The summed E-state index contributed by atoms with van der Waals surface area (Å²) in [6.07, 6.45) is 4.96. The Balaban J connectivity index is 1.96. The molecule has 0 saturated heterocycles. The van der Waals surface area contributed by atoms with Crippen molar-refractivity contribution in [1.29, 1.82) is 0 Å². The van der Waals surface area contributed by atoms with E-state index in [0.29, 0.717) is 18.7 Å². The molecule has 0 atom stereocenters. The van der Waals surface area contributed by atoms with Crippen LogP contribution in [0.2, 0.25) is 0 Å². The van der Waals surface area contributed by atoms with Crippen molar-refractivity contribution in [3.8, 4) is 0 Å². The number of aromatic nitrogens is 2. The molecule has 1 heterocycles. The number of hydrogen-bond donors (Lipinski definition) is 1. The average molecular weight is 287 g/mol. The number of hydrogen-bond acceptors (Lipinski definition) is 4. The minimum atomic E-state index is -0.295. The summed E-state index contributed by atoms with van der Waals surface area (Å²) in [7, 11) is 0. The molecule has 0 saturated carbocycles. The van der Waals surface area contributed by atoms with Crippen molar-refractivity contribution in [1.82, 2.24) is 9.78 Å². The van der Waals surface area contributed by atoms with E-state index in [4.69, 9.17) is 4.74 Å². The van der Waals surface area contributed by atoms with Crippen LogP contribution in [0.5, 0.6) is 0 Å².